The van der Waals surface area contributed by atoms with Gasteiger partial charge in [0.1, 0.15) is 5.75 Å². The topological polar surface area (TPSA) is 46.2 Å². The van der Waals surface area contributed by atoms with E-state index in [0.29, 0.717) is 5.75 Å². The molecule has 1 rings (SSSR count). The van der Waals surface area contributed by atoms with E-state index in [4.69, 9.17) is 5.73 Å². The molecule has 0 aliphatic carbocycles. The maximum Gasteiger partial charge on any atom is 0.115 e. The van der Waals surface area contributed by atoms with Gasteiger partial charge in [-0.25, -0.2) is 0 Å². The SMILES string of the molecule is Cc1cc(O)ccc1CCCCN. The molecule has 2 nitrogen and oxygen atoms in total. The van der Waals surface area contributed by atoms with Crippen LogP contribution < -0.4 is 5.73 Å². The predicted molar refractivity (Wildman–Crippen MR) is 54.8 cm³/mol. The van der Waals surface area contributed by atoms with Gasteiger partial charge in [-0.1, -0.05) is 6.07 Å². The number of phenolic OH excluding ortho intramolecular Hbond substituents is 1. The minimum atomic E-state index is 0.347. The van der Waals surface area contributed by atoms with Crippen LogP contribution >= 0.6 is 0 Å². The maximum atomic E-state index is 9.19. The number of aryl methyl sites for hydroxylation is 2. The molecule has 0 saturated heterocycles. The third-order valence-corrected chi connectivity index (χ3v) is 2.23. The molecular weight excluding hydrogens is 162 g/mol. The second-order valence-electron chi connectivity index (χ2n) is 3.36. The minimum Gasteiger partial charge on any atom is -0.508 e. The van der Waals surface area contributed by atoms with E-state index < -0.39 is 0 Å². The number of hydrogen-bond donors (Lipinski definition) is 2. The molecule has 3 N–H and O–H groups in total. The summed E-state index contributed by atoms with van der Waals surface area (Å²) in [6.07, 6.45) is 3.26. The fourth-order valence-electron chi connectivity index (χ4n) is 1.42. The van der Waals surface area contributed by atoms with Gasteiger partial charge in [-0.3, -0.25) is 0 Å². The first kappa shape index (κ1) is 10.1. The van der Waals surface area contributed by atoms with Crippen LogP contribution in [0.1, 0.15) is 24.0 Å². The van der Waals surface area contributed by atoms with Crippen LogP contribution in [-0.4, -0.2) is 11.7 Å². The van der Waals surface area contributed by atoms with Crippen molar-refractivity contribution in [1.82, 2.24) is 0 Å². The van der Waals surface area contributed by atoms with Crippen LogP contribution in [0.5, 0.6) is 5.75 Å². The van der Waals surface area contributed by atoms with Gasteiger partial charge >= 0.3 is 0 Å². The molecule has 0 aliphatic rings. The average Bonchev–Trinajstić information content (AvgIpc) is 2.09. The summed E-state index contributed by atoms with van der Waals surface area (Å²) < 4.78 is 0. The average molecular weight is 179 g/mol. The Morgan fingerprint density at radius 3 is 2.69 bits per heavy atom. The number of unbranched alkanes of at least 4 members (excludes halogenated alkanes) is 1. The summed E-state index contributed by atoms with van der Waals surface area (Å²) >= 11 is 0. The van der Waals surface area contributed by atoms with E-state index >= 15 is 0 Å². The van der Waals surface area contributed by atoms with Crippen molar-refractivity contribution >= 4 is 0 Å². The highest BCUT2D eigenvalue weighted by Crippen LogP contribution is 2.17. The highest BCUT2D eigenvalue weighted by molar-refractivity contribution is 5.33. The normalized spacial score (nSPS) is 10.3. The first-order valence-corrected chi connectivity index (χ1v) is 4.72. The molecule has 0 aliphatic heterocycles. The first-order valence-electron chi connectivity index (χ1n) is 4.72. The van der Waals surface area contributed by atoms with Crippen molar-refractivity contribution in [3.05, 3.63) is 29.3 Å². The minimum absolute atomic E-state index is 0.347. The van der Waals surface area contributed by atoms with Gasteiger partial charge in [-0.05, 0) is 56.0 Å². The predicted octanol–water partition coefficient (Wildman–Crippen LogP) is 1.98. The molecule has 1 aromatic rings. The molecule has 0 aromatic heterocycles. The van der Waals surface area contributed by atoms with E-state index in [-0.39, 0.29) is 0 Å². The monoisotopic (exact) mass is 179 g/mol. The number of hydrogen-bond acceptors (Lipinski definition) is 2. The zero-order valence-electron chi connectivity index (χ0n) is 8.09. The van der Waals surface area contributed by atoms with Crippen molar-refractivity contribution in [3.8, 4) is 5.75 Å². The van der Waals surface area contributed by atoms with Crippen molar-refractivity contribution in [1.29, 1.82) is 0 Å². The quantitative estimate of drug-likeness (QED) is 0.694. The van der Waals surface area contributed by atoms with Gasteiger partial charge in [0, 0.05) is 0 Å². The highest BCUT2D eigenvalue weighted by Gasteiger charge is 1.98. The lowest BCUT2D eigenvalue weighted by atomic mass is 10.0. The molecule has 0 unspecified atom stereocenters. The van der Waals surface area contributed by atoms with Crippen molar-refractivity contribution in [3.63, 3.8) is 0 Å². The smallest absolute Gasteiger partial charge is 0.115 e. The van der Waals surface area contributed by atoms with E-state index in [0.717, 1.165) is 31.4 Å². The largest absolute Gasteiger partial charge is 0.508 e. The van der Waals surface area contributed by atoms with Crippen LogP contribution in [0.2, 0.25) is 0 Å². The number of nitrogens with two attached hydrogens (primary N) is 1. The summed E-state index contributed by atoms with van der Waals surface area (Å²) in [5.74, 6) is 0.347. The highest BCUT2D eigenvalue weighted by atomic mass is 16.3. The molecule has 72 valence electrons. The maximum absolute atomic E-state index is 9.19. The number of phenols is 1. The summed E-state index contributed by atoms with van der Waals surface area (Å²) in [6.45, 7) is 2.79. The number of benzene rings is 1. The van der Waals surface area contributed by atoms with Gasteiger partial charge in [0.2, 0.25) is 0 Å². The van der Waals surface area contributed by atoms with Crippen LogP contribution in [0.3, 0.4) is 0 Å². The fraction of sp³-hybridized carbons (Fsp3) is 0.455. The molecule has 0 atom stereocenters. The van der Waals surface area contributed by atoms with Gasteiger partial charge in [-0.15, -0.1) is 0 Å². The van der Waals surface area contributed by atoms with Gasteiger partial charge in [0.05, 0.1) is 0 Å². The molecule has 0 saturated carbocycles. The Labute approximate surface area is 79.4 Å². The Morgan fingerprint density at radius 2 is 2.08 bits per heavy atom. The van der Waals surface area contributed by atoms with Crippen molar-refractivity contribution in [2.45, 2.75) is 26.2 Å². The molecule has 0 radical (unpaired) electrons. The van der Waals surface area contributed by atoms with Crippen molar-refractivity contribution < 1.29 is 5.11 Å². The molecule has 0 fully saturated rings. The van der Waals surface area contributed by atoms with Gasteiger partial charge in [-0.2, -0.15) is 0 Å². The lowest BCUT2D eigenvalue weighted by molar-refractivity contribution is 0.474. The molecule has 13 heavy (non-hydrogen) atoms. The second-order valence-corrected chi connectivity index (χ2v) is 3.36. The summed E-state index contributed by atoms with van der Waals surface area (Å²) in [5, 5.41) is 9.19. The van der Waals surface area contributed by atoms with Crippen LogP contribution in [0.25, 0.3) is 0 Å². The van der Waals surface area contributed by atoms with E-state index in [2.05, 4.69) is 0 Å². The third-order valence-electron chi connectivity index (χ3n) is 2.23. The molecule has 2 heteroatoms. The Hall–Kier alpha value is -1.02. The van der Waals surface area contributed by atoms with Crippen LogP contribution in [-0.2, 0) is 6.42 Å². The zero-order chi connectivity index (χ0) is 9.68. The summed E-state index contributed by atoms with van der Waals surface area (Å²) in [6, 6.07) is 5.53. The molecule has 0 bridgehead atoms. The third kappa shape index (κ3) is 3.07. The second kappa shape index (κ2) is 4.87. The molecule has 0 spiro atoms. The van der Waals surface area contributed by atoms with E-state index in [9.17, 15) is 5.11 Å². The molecule has 1 aromatic carbocycles. The summed E-state index contributed by atoms with van der Waals surface area (Å²) in [7, 11) is 0. The fourth-order valence-corrected chi connectivity index (χ4v) is 1.42. The van der Waals surface area contributed by atoms with Crippen molar-refractivity contribution in [2.75, 3.05) is 6.54 Å². The van der Waals surface area contributed by atoms with Crippen molar-refractivity contribution in [2.24, 2.45) is 5.73 Å². The summed E-state index contributed by atoms with van der Waals surface area (Å²) in [5.41, 5.74) is 7.89. The van der Waals surface area contributed by atoms with E-state index in [1.165, 1.54) is 5.56 Å². The van der Waals surface area contributed by atoms with E-state index in [1.807, 2.05) is 13.0 Å². The van der Waals surface area contributed by atoms with Crippen LogP contribution in [0.4, 0.5) is 0 Å². The van der Waals surface area contributed by atoms with Gasteiger partial charge < -0.3 is 10.8 Å². The number of rotatable bonds is 4. The molecular formula is C11H17NO. The summed E-state index contributed by atoms with van der Waals surface area (Å²) in [4.78, 5) is 0. The lowest BCUT2D eigenvalue weighted by Crippen LogP contribution is -1.99. The molecule has 0 amide bonds. The lowest BCUT2D eigenvalue weighted by Gasteiger charge is -2.05. The Bertz CT molecular complexity index is 271. The van der Waals surface area contributed by atoms with Gasteiger partial charge in [0.15, 0.2) is 0 Å². The van der Waals surface area contributed by atoms with Gasteiger partial charge in [0.25, 0.3) is 0 Å². The molecule has 0 heterocycles. The van der Waals surface area contributed by atoms with Crippen LogP contribution in [0, 0.1) is 6.92 Å². The Kier molecular flexibility index (Phi) is 3.77. The van der Waals surface area contributed by atoms with E-state index in [1.54, 1.807) is 12.1 Å². The number of aromatic hydroxyl groups is 1. The standard InChI is InChI=1S/C11H17NO/c1-9-8-11(13)6-5-10(9)4-2-3-7-12/h5-6,8,13H,2-4,7,12H2,1H3. The Morgan fingerprint density at radius 1 is 1.31 bits per heavy atom. The Balaban J connectivity index is 2.56. The first-order chi connectivity index (χ1) is 6.24. The zero-order valence-corrected chi connectivity index (χ0v) is 8.09. The van der Waals surface area contributed by atoms with Crippen LogP contribution in [0.15, 0.2) is 18.2 Å².